The number of nitro benzene ring substituents is 3. The average molecular weight is 496 g/mol. The minimum absolute atomic E-state index is 0.0830. The summed E-state index contributed by atoms with van der Waals surface area (Å²) in [6.45, 7) is -3.32. The first-order valence-electron chi connectivity index (χ1n) is 9.01. The zero-order valence-electron chi connectivity index (χ0n) is 16.8. The summed E-state index contributed by atoms with van der Waals surface area (Å²) in [5, 5.41) is 32.7. The molecule has 0 saturated carbocycles. The van der Waals surface area contributed by atoms with Gasteiger partial charge in [0, 0.05) is 0 Å². The first-order chi connectivity index (χ1) is 15.4. The minimum atomic E-state index is -4.64. The molecule has 0 radical (unpaired) electrons. The molecule has 0 atom stereocenters. The van der Waals surface area contributed by atoms with E-state index in [-0.39, 0.29) is 34.3 Å². The summed E-state index contributed by atoms with van der Waals surface area (Å²) in [6, 6.07) is 14.9. The van der Waals surface area contributed by atoms with E-state index in [0.29, 0.717) is 0 Å². The fourth-order valence-corrected chi connectivity index (χ4v) is 5.22. The second-order valence-electron chi connectivity index (χ2n) is 6.67. The number of nitro groups is 3. The normalized spacial score (nSPS) is 12.1. The molecule has 0 aliphatic rings. The summed E-state index contributed by atoms with van der Waals surface area (Å²) in [4.78, 5) is 30.9. The Morgan fingerprint density at radius 1 is 0.576 bits per heavy atom. The van der Waals surface area contributed by atoms with Crippen molar-refractivity contribution in [3.05, 3.63) is 103 Å². The zero-order chi connectivity index (χ0) is 24.2. The summed E-state index contributed by atoms with van der Waals surface area (Å²) in [5.41, 5.74) is -0.539. The molecule has 0 N–H and O–H groups in total. The molecule has 0 aliphatic heterocycles. The van der Waals surface area contributed by atoms with Crippen molar-refractivity contribution in [1.82, 2.24) is 0 Å². The average Bonchev–Trinajstić information content (AvgIpc) is 2.74. The number of non-ortho nitro benzene ring substituents is 3. The molecule has 0 unspecified atom stereocenters. The van der Waals surface area contributed by atoms with Crippen molar-refractivity contribution in [2.24, 2.45) is 0 Å². The molecule has 3 aromatic carbocycles. The van der Waals surface area contributed by atoms with Gasteiger partial charge in [-0.1, -0.05) is 0 Å². The maximum atomic E-state index is 10.9. The van der Waals surface area contributed by atoms with Gasteiger partial charge in [0.25, 0.3) is 0 Å². The molecule has 3 rings (SSSR count). The van der Waals surface area contributed by atoms with Crippen LogP contribution in [0, 0.1) is 30.3 Å². The Morgan fingerprint density at radius 2 is 0.788 bits per heavy atom. The van der Waals surface area contributed by atoms with Gasteiger partial charge in [0.2, 0.25) is 0 Å². The van der Waals surface area contributed by atoms with E-state index in [1.165, 1.54) is 79.5 Å². The Hall–Kier alpha value is -4.02. The second-order valence-corrected chi connectivity index (χ2v) is 11.8. The molecule has 0 spiro atoms. The van der Waals surface area contributed by atoms with E-state index in [9.17, 15) is 30.3 Å². The van der Waals surface area contributed by atoms with Crippen LogP contribution in [0.25, 0.3) is 0 Å². The standard InChI is InChI=1S/C19H15ClN3O9P/c1-33(20,30-17-8-2-14(3-9-17)21(24)25,31-18-10-4-15(5-11-18)22(26)27)32-19-12-6-16(7-13-19)23(28)29/h2-13H,1H3. The predicted molar refractivity (Wildman–Crippen MR) is 120 cm³/mol. The summed E-state index contributed by atoms with van der Waals surface area (Å²) in [5.74, 6) is 0.249. The van der Waals surface area contributed by atoms with Gasteiger partial charge < -0.3 is 0 Å². The van der Waals surface area contributed by atoms with Crippen LogP contribution in [0.15, 0.2) is 72.8 Å². The van der Waals surface area contributed by atoms with Crippen LogP contribution in [0.4, 0.5) is 17.1 Å². The van der Waals surface area contributed by atoms with Gasteiger partial charge >= 0.3 is 190 Å². The fourth-order valence-electron chi connectivity index (χ4n) is 2.64. The van der Waals surface area contributed by atoms with Crippen molar-refractivity contribution in [3.63, 3.8) is 0 Å². The Morgan fingerprint density at radius 3 is 0.970 bits per heavy atom. The molecule has 0 aliphatic carbocycles. The summed E-state index contributed by atoms with van der Waals surface area (Å²) in [7, 11) is 0. The van der Waals surface area contributed by atoms with Crippen molar-refractivity contribution in [2.45, 2.75) is 0 Å². The molecular weight excluding hydrogens is 481 g/mol. The van der Waals surface area contributed by atoms with Gasteiger partial charge in [-0.25, -0.2) is 0 Å². The molecule has 14 heteroatoms. The molecule has 0 amide bonds. The van der Waals surface area contributed by atoms with E-state index in [2.05, 4.69) is 0 Å². The van der Waals surface area contributed by atoms with Crippen molar-refractivity contribution in [2.75, 3.05) is 6.66 Å². The molecule has 0 saturated heterocycles. The van der Waals surface area contributed by atoms with Crippen molar-refractivity contribution in [1.29, 1.82) is 0 Å². The molecule has 0 aromatic heterocycles. The Balaban J connectivity index is 1.96. The van der Waals surface area contributed by atoms with E-state index >= 15 is 0 Å². The quantitative estimate of drug-likeness (QED) is 0.196. The zero-order valence-corrected chi connectivity index (χ0v) is 18.4. The van der Waals surface area contributed by atoms with Gasteiger partial charge in [-0.3, -0.25) is 0 Å². The van der Waals surface area contributed by atoms with E-state index in [0.717, 1.165) is 0 Å². The van der Waals surface area contributed by atoms with Crippen molar-refractivity contribution >= 4 is 34.9 Å². The third-order valence-electron chi connectivity index (χ3n) is 4.06. The number of nitrogens with zero attached hydrogens (tertiary/aromatic N) is 3. The first-order valence-corrected chi connectivity index (χ1v) is 12.3. The van der Waals surface area contributed by atoms with Gasteiger partial charge in [-0.05, 0) is 0 Å². The summed E-state index contributed by atoms with van der Waals surface area (Å²) in [6.07, 6.45) is 0. The van der Waals surface area contributed by atoms with Crippen molar-refractivity contribution < 1.29 is 28.3 Å². The van der Waals surface area contributed by atoms with Crippen LogP contribution in [0.2, 0.25) is 0 Å². The van der Waals surface area contributed by atoms with E-state index < -0.39 is 21.4 Å². The van der Waals surface area contributed by atoms with Gasteiger partial charge in [0.15, 0.2) is 0 Å². The van der Waals surface area contributed by atoms with Crippen LogP contribution < -0.4 is 13.6 Å². The van der Waals surface area contributed by atoms with Crippen LogP contribution in [-0.2, 0) is 0 Å². The molecule has 0 fully saturated rings. The van der Waals surface area contributed by atoms with Crippen LogP contribution >= 0.6 is 17.9 Å². The number of halogens is 1. The molecule has 0 heterocycles. The van der Waals surface area contributed by atoms with Crippen molar-refractivity contribution in [3.8, 4) is 17.2 Å². The number of benzene rings is 3. The van der Waals surface area contributed by atoms with E-state index in [1.807, 2.05) is 0 Å². The first kappa shape index (κ1) is 23.6. The third-order valence-corrected chi connectivity index (χ3v) is 6.52. The van der Waals surface area contributed by atoms with Crippen LogP contribution in [0.5, 0.6) is 17.2 Å². The fraction of sp³-hybridized carbons (Fsp3) is 0.0526. The molecule has 33 heavy (non-hydrogen) atoms. The number of hydrogen-bond donors (Lipinski definition) is 0. The topological polar surface area (TPSA) is 157 Å². The second kappa shape index (κ2) is 8.85. The molecule has 0 bridgehead atoms. The van der Waals surface area contributed by atoms with Gasteiger partial charge in [-0.15, -0.1) is 0 Å². The molecule has 3 aromatic rings. The van der Waals surface area contributed by atoms with E-state index in [4.69, 9.17) is 24.8 Å². The van der Waals surface area contributed by atoms with Crippen LogP contribution in [-0.4, -0.2) is 21.4 Å². The molecule has 12 nitrogen and oxygen atoms in total. The third kappa shape index (κ3) is 6.03. The Bertz CT molecular complexity index is 1050. The number of rotatable bonds is 9. The Labute approximate surface area is 190 Å². The SMILES string of the molecule is CP(Cl)(Oc1ccc([N+](=O)[O-])cc1)(Oc1ccc([N+](=O)[O-])cc1)Oc1ccc([N+](=O)[O-])cc1. The molecular formula is C19H15ClN3O9P. The Kier molecular flexibility index (Phi) is 6.34. The molecule has 172 valence electrons. The maximum absolute atomic E-state index is 10.9. The summed E-state index contributed by atoms with van der Waals surface area (Å²) >= 11 is 6.77. The monoisotopic (exact) mass is 495 g/mol. The van der Waals surface area contributed by atoms with Crippen LogP contribution in [0.3, 0.4) is 0 Å². The number of hydrogen-bond acceptors (Lipinski definition) is 9. The van der Waals surface area contributed by atoms with Gasteiger partial charge in [-0.2, -0.15) is 0 Å². The van der Waals surface area contributed by atoms with Crippen LogP contribution in [0.1, 0.15) is 0 Å². The summed E-state index contributed by atoms with van der Waals surface area (Å²) < 4.78 is 17.5. The predicted octanol–water partition coefficient (Wildman–Crippen LogP) is 6.03. The van der Waals surface area contributed by atoms with Gasteiger partial charge in [0.1, 0.15) is 0 Å². The van der Waals surface area contributed by atoms with E-state index in [1.54, 1.807) is 0 Å². The van der Waals surface area contributed by atoms with Gasteiger partial charge in [0.05, 0.1) is 0 Å².